The number of amides is 3. The zero-order valence-corrected chi connectivity index (χ0v) is 25.4. The summed E-state index contributed by atoms with van der Waals surface area (Å²) in [5.41, 5.74) is 2.55. The van der Waals surface area contributed by atoms with E-state index in [-0.39, 0.29) is 19.5 Å². The fraction of sp³-hybridized carbons (Fsp3) is 0.500. The van der Waals surface area contributed by atoms with Crippen molar-refractivity contribution in [2.45, 2.75) is 84.9 Å². The number of benzene rings is 2. The number of carbonyl (C=O) groups excluding carboxylic acids is 4. The van der Waals surface area contributed by atoms with Crippen LogP contribution in [0.1, 0.15) is 75.3 Å². The molecule has 9 heteroatoms. The van der Waals surface area contributed by atoms with E-state index in [9.17, 15) is 19.2 Å². The van der Waals surface area contributed by atoms with E-state index in [4.69, 9.17) is 9.47 Å². The predicted octanol–water partition coefficient (Wildman–Crippen LogP) is 4.79. The van der Waals surface area contributed by atoms with Crippen LogP contribution in [0, 0.1) is 13.8 Å². The number of methoxy groups -OCH3 is 1. The van der Waals surface area contributed by atoms with E-state index in [1.807, 2.05) is 62.4 Å². The highest BCUT2D eigenvalue weighted by atomic mass is 16.6. The van der Waals surface area contributed by atoms with Gasteiger partial charge in [0, 0.05) is 13.0 Å². The van der Waals surface area contributed by atoms with Crippen molar-refractivity contribution < 1.29 is 28.7 Å². The van der Waals surface area contributed by atoms with Crippen molar-refractivity contribution in [2.75, 3.05) is 20.2 Å². The van der Waals surface area contributed by atoms with Gasteiger partial charge in [-0.15, -0.1) is 0 Å². The Morgan fingerprint density at radius 2 is 1.59 bits per heavy atom. The Bertz CT molecular complexity index is 1160. The van der Waals surface area contributed by atoms with Gasteiger partial charge in [-0.25, -0.2) is 4.79 Å². The third kappa shape index (κ3) is 11.3. The molecule has 9 nitrogen and oxygen atoms in total. The Morgan fingerprint density at radius 3 is 2.15 bits per heavy atom. The van der Waals surface area contributed by atoms with Crippen LogP contribution >= 0.6 is 0 Å². The molecule has 0 aliphatic heterocycles. The van der Waals surface area contributed by atoms with Crippen molar-refractivity contribution in [3.8, 4) is 0 Å². The van der Waals surface area contributed by atoms with Crippen LogP contribution in [0.5, 0.6) is 0 Å². The van der Waals surface area contributed by atoms with Gasteiger partial charge in [-0.2, -0.15) is 0 Å². The molecule has 2 unspecified atom stereocenters. The second-order valence-electron chi connectivity index (χ2n) is 11.2. The SMILES string of the molecule is CCCCCN(C(=O)C(Cc1ccccc1)NC(=O)OC(C)(C)C)C(C(=O)NCC(=O)OC)c1cc(C)cc(C)c1. The summed E-state index contributed by atoms with van der Waals surface area (Å²) in [5, 5.41) is 5.40. The molecule has 0 aliphatic rings. The maximum Gasteiger partial charge on any atom is 0.408 e. The Labute approximate surface area is 244 Å². The number of carbonyl (C=O) groups is 4. The predicted molar refractivity (Wildman–Crippen MR) is 158 cm³/mol. The lowest BCUT2D eigenvalue weighted by Crippen LogP contribution is -2.54. The van der Waals surface area contributed by atoms with E-state index in [1.165, 1.54) is 12.0 Å². The highest BCUT2D eigenvalue weighted by Gasteiger charge is 2.36. The van der Waals surface area contributed by atoms with Gasteiger partial charge in [0.15, 0.2) is 0 Å². The maximum atomic E-state index is 14.4. The van der Waals surface area contributed by atoms with Crippen LogP contribution in [0.2, 0.25) is 0 Å². The number of rotatable bonds is 13. The van der Waals surface area contributed by atoms with Crippen LogP contribution in [0.3, 0.4) is 0 Å². The zero-order valence-electron chi connectivity index (χ0n) is 25.4. The van der Waals surface area contributed by atoms with Crippen molar-refractivity contribution in [3.63, 3.8) is 0 Å². The number of unbranched alkanes of at least 4 members (excludes halogenated alkanes) is 2. The van der Waals surface area contributed by atoms with Crippen molar-refractivity contribution in [2.24, 2.45) is 0 Å². The van der Waals surface area contributed by atoms with Gasteiger partial charge in [-0.3, -0.25) is 14.4 Å². The molecule has 0 spiro atoms. The maximum absolute atomic E-state index is 14.4. The summed E-state index contributed by atoms with van der Waals surface area (Å²) in [4.78, 5) is 54.4. The first-order chi connectivity index (χ1) is 19.3. The second-order valence-corrected chi connectivity index (χ2v) is 11.2. The smallest absolute Gasteiger partial charge is 0.408 e. The van der Waals surface area contributed by atoms with Crippen molar-refractivity contribution in [1.82, 2.24) is 15.5 Å². The van der Waals surface area contributed by atoms with Gasteiger partial charge in [0.05, 0.1) is 7.11 Å². The molecule has 0 fully saturated rings. The van der Waals surface area contributed by atoms with Crippen LogP contribution in [-0.2, 0) is 30.3 Å². The third-order valence-electron chi connectivity index (χ3n) is 6.31. The highest BCUT2D eigenvalue weighted by molar-refractivity contribution is 5.93. The number of nitrogens with one attached hydrogen (secondary N) is 2. The molecule has 0 saturated carbocycles. The van der Waals surface area contributed by atoms with Crippen LogP contribution in [0.4, 0.5) is 4.79 Å². The fourth-order valence-electron chi connectivity index (χ4n) is 4.57. The highest BCUT2D eigenvalue weighted by Crippen LogP contribution is 2.26. The van der Waals surface area contributed by atoms with Gasteiger partial charge < -0.3 is 25.0 Å². The minimum absolute atomic E-state index is 0.201. The first-order valence-electron chi connectivity index (χ1n) is 14.1. The Hall–Kier alpha value is -3.88. The van der Waals surface area contributed by atoms with E-state index in [0.29, 0.717) is 12.0 Å². The summed E-state index contributed by atoms with van der Waals surface area (Å²) in [6.07, 6.45) is 1.88. The molecule has 2 aromatic carbocycles. The summed E-state index contributed by atoms with van der Waals surface area (Å²) in [6, 6.07) is 13.0. The summed E-state index contributed by atoms with van der Waals surface area (Å²) in [7, 11) is 1.24. The molecule has 0 aromatic heterocycles. The lowest BCUT2D eigenvalue weighted by Gasteiger charge is -2.35. The topological polar surface area (TPSA) is 114 Å². The van der Waals surface area contributed by atoms with E-state index in [2.05, 4.69) is 17.6 Å². The largest absolute Gasteiger partial charge is 0.468 e. The van der Waals surface area contributed by atoms with Gasteiger partial charge in [0.25, 0.3) is 0 Å². The molecule has 2 atom stereocenters. The molecule has 0 heterocycles. The molecule has 2 N–H and O–H groups in total. The summed E-state index contributed by atoms with van der Waals surface area (Å²) in [6.45, 7) is 11.1. The Morgan fingerprint density at radius 1 is 0.951 bits per heavy atom. The molecule has 224 valence electrons. The van der Waals surface area contributed by atoms with Gasteiger partial charge in [-0.1, -0.05) is 79.4 Å². The number of aryl methyl sites for hydroxylation is 2. The molecule has 3 amide bonds. The van der Waals surface area contributed by atoms with E-state index in [1.54, 1.807) is 20.8 Å². The fourth-order valence-corrected chi connectivity index (χ4v) is 4.57. The lowest BCUT2D eigenvalue weighted by atomic mass is 9.97. The Balaban J connectivity index is 2.58. The Kier molecular flexibility index (Phi) is 12.8. The summed E-state index contributed by atoms with van der Waals surface area (Å²) < 4.78 is 10.2. The molecular formula is C32H45N3O6. The van der Waals surface area contributed by atoms with Crippen LogP contribution in [-0.4, -0.2) is 60.6 Å². The number of ether oxygens (including phenoxy) is 2. The normalized spacial score (nSPS) is 12.6. The molecule has 0 saturated heterocycles. The summed E-state index contributed by atoms with van der Waals surface area (Å²) in [5.74, 6) is -1.54. The molecule has 0 bridgehead atoms. The van der Waals surface area contributed by atoms with Gasteiger partial charge in [0.2, 0.25) is 11.8 Å². The van der Waals surface area contributed by atoms with Gasteiger partial charge in [-0.05, 0) is 52.2 Å². The molecule has 41 heavy (non-hydrogen) atoms. The molecule has 0 aliphatic carbocycles. The number of hydrogen-bond acceptors (Lipinski definition) is 6. The monoisotopic (exact) mass is 567 g/mol. The molecule has 0 radical (unpaired) electrons. The van der Waals surface area contributed by atoms with E-state index >= 15 is 0 Å². The first kappa shape index (κ1) is 33.3. The molecule has 2 aromatic rings. The van der Waals surface area contributed by atoms with Crippen molar-refractivity contribution in [3.05, 3.63) is 70.8 Å². The van der Waals surface area contributed by atoms with Crippen molar-refractivity contribution in [1.29, 1.82) is 0 Å². The zero-order chi connectivity index (χ0) is 30.6. The third-order valence-corrected chi connectivity index (χ3v) is 6.31. The summed E-state index contributed by atoms with van der Waals surface area (Å²) >= 11 is 0. The second kappa shape index (κ2) is 15.8. The quantitative estimate of drug-likeness (QED) is 0.266. The van der Waals surface area contributed by atoms with E-state index in [0.717, 1.165) is 29.5 Å². The molecule has 2 rings (SSSR count). The number of nitrogens with zero attached hydrogens (tertiary/aromatic N) is 1. The number of esters is 1. The first-order valence-corrected chi connectivity index (χ1v) is 14.1. The van der Waals surface area contributed by atoms with Crippen LogP contribution < -0.4 is 10.6 Å². The van der Waals surface area contributed by atoms with Crippen LogP contribution in [0.15, 0.2) is 48.5 Å². The van der Waals surface area contributed by atoms with Gasteiger partial charge in [0.1, 0.15) is 24.2 Å². The number of alkyl carbamates (subject to hydrolysis) is 1. The van der Waals surface area contributed by atoms with Crippen molar-refractivity contribution >= 4 is 23.9 Å². The lowest BCUT2D eigenvalue weighted by molar-refractivity contribution is -0.144. The minimum atomic E-state index is -1.04. The average molecular weight is 568 g/mol. The standard InChI is InChI=1S/C32H45N3O6/c1-8-9-13-16-35(28(29(37)33-21-27(36)40-7)25-18-22(2)17-23(3)19-25)30(38)26(20-24-14-11-10-12-15-24)34-31(39)41-32(4,5)6/h10-12,14-15,17-19,26,28H,8-9,13,16,20-21H2,1-7H3,(H,33,37)(H,34,39). The van der Waals surface area contributed by atoms with Crippen LogP contribution in [0.25, 0.3) is 0 Å². The number of hydrogen-bond donors (Lipinski definition) is 2. The average Bonchev–Trinajstić information content (AvgIpc) is 2.89. The molecular weight excluding hydrogens is 522 g/mol. The van der Waals surface area contributed by atoms with Gasteiger partial charge >= 0.3 is 12.1 Å². The minimum Gasteiger partial charge on any atom is -0.468 e. The van der Waals surface area contributed by atoms with E-state index < -0.39 is 41.6 Å².